The summed E-state index contributed by atoms with van der Waals surface area (Å²) < 4.78 is 16.0. The summed E-state index contributed by atoms with van der Waals surface area (Å²) >= 11 is 0. The molecule has 2 N–H and O–H groups in total. The molecule has 0 unspecified atom stereocenters. The first-order valence-electron chi connectivity index (χ1n) is 7.97. The highest BCUT2D eigenvalue weighted by molar-refractivity contribution is 5.89. The number of benzene rings is 2. The van der Waals surface area contributed by atoms with E-state index in [1.807, 2.05) is 37.3 Å². The highest BCUT2D eigenvalue weighted by Gasteiger charge is 2.12. The number of hydrogen-bond acceptors (Lipinski definition) is 4. The first kappa shape index (κ1) is 18.4. The van der Waals surface area contributed by atoms with E-state index in [0.717, 1.165) is 16.8 Å². The van der Waals surface area contributed by atoms with Crippen molar-refractivity contribution in [3.63, 3.8) is 0 Å². The Bertz CT molecular complexity index is 731. The average Bonchev–Trinajstić information content (AvgIpc) is 2.61. The summed E-state index contributed by atoms with van der Waals surface area (Å²) in [4.78, 5) is 12.0. The van der Waals surface area contributed by atoms with Crippen LogP contribution in [0.2, 0.25) is 0 Å². The molecule has 6 heteroatoms. The Balaban J connectivity index is 1.95. The van der Waals surface area contributed by atoms with E-state index in [2.05, 4.69) is 10.6 Å². The van der Waals surface area contributed by atoms with E-state index in [1.165, 1.54) is 0 Å². The molecule has 0 radical (unpaired) electrons. The minimum Gasteiger partial charge on any atom is -0.496 e. The molecule has 0 saturated carbocycles. The number of urea groups is 1. The minimum atomic E-state index is -0.245. The van der Waals surface area contributed by atoms with E-state index in [4.69, 9.17) is 14.2 Å². The van der Waals surface area contributed by atoms with Crippen LogP contribution >= 0.6 is 0 Å². The average molecular weight is 344 g/mol. The van der Waals surface area contributed by atoms with Gasteiger partial charge in [0.15, 0.2) is 11.5 Å². The molecule has 0 fully saturated rings. The lowest BCUT2D eigenvalue weighted by Crippen LogP contribution is -2.30. The molecule has 2 rings (SSSR count). The Morgan fingerprint density at radius 1 is 0.960 bits per heavy atom. The van der Waals surface area contributed by atoms with Crippen LogP contribution in [0.3, 0.4) is 0 Å². The highest BCUT2D eigenvalue weighted by atomic mass is 16.5. The Hall–Kier alpha value is -2.89. The van der Waals surface area contributed by atoms with Gasteiger partial charge < -0.3 is 24.8 Å². The summed E-state index contributed by atoms with van der Waals surface area (Å²) in [6, 6.07) is 11.0. The number of ether oxygens (including phenoxy) is 3. The van der Waals surface area contributed by atoms with Gasteiger partial charge >= 0.3 is 6.03 Å². The van der Waals surface area contributed by atoms with Crippen LogP contribution in [0.15, 0.2) is 36.4 Å². The Kier molecular flexibility index (Phi) is 6.51. The molecular formula is C19H24N2O4. The fourth-order valence-corrected chi connectivity index (χ4v) is 2.50. The SMILES string of the molecule is COc1cc(OC)c(OC)cc1CCNC(=O)Nc1cccc(C)c1. The number of rotatable bonds is 7. The van der Waals surface area contributed by atoms with Crippen molar-refractivity contribution in [2.45, 2.75) is 13.3 Å². The van der Waals surface area contributed by atoms with Crippen molar-refractivity contribution in [3.8, 4) is 17.2 Å². The predicted molar refractivity (Wildman–Crippen MR) is 98.0 cm³/mol. The quantitative estimate of drug-likeness (QED) is 0.808. The molecule has 2 aromatic rings. The summed E-state index contributed by atoms with van der Waals surface area (Å²) in [7, 11) is 4.76. The van der Waals surface area contributed by atoms with Gasteiger partial charge in [-0.05, 0) is 42.7 Å². The zero-order valence-electron chi connectivity index (χ0n) is 15.0. The monoisotopic (exact) mass is 344 g/mol. The topological polar surface area (TPSA) is 68.8 Å². The molecule has 0 aromatic heterocycles. The number of carbonyl (C=O) groups is 1. The normalized spacial score (nSPS) is 10.1. The number of aryl methyl sites for hydroxylation is 1. The lowest BCUT2D eigenvalue weighted by atomic mass is 10.1. The second-order valence-electron chi connectivity index (χ2n) is 5.52. The van der Waals surface area contributed by atoms with E-state index in [-0.39, 0.29) is 6.03 Å². The number of amides is 2. The lowest BCUT2D eigenvalue weighted by molar-refractivity contribution is 0.252. The van der Waals surface area contributed by atoms with Crippen LogP contribution in [0.1, 0.15) is 11.1 Å². The zero-order chi connectivity index (χ0) is 18.2. The van der Waals surface area contributed by atoms with Gasteiger partial charge in [-0.25, -0.2) is 4.79 Å². The number of anilines is 1. The first-order valence-corrected chi connectivity index (χ1v) is 7.97. The van der Waals surface area contributed by atoms with E-state index < -0.39 is 0 Å². The summed E-state index contributed by atoms with van der Waals surface area (Å²) in [6.07, 6.45) is 0.602. The molecule has 0 heterocycles. The van der Waals surface area contributed by atoms with Gasteiger partial charge in [0.05, 0.1) is 21.3 Å². The van der Waals surface area contributed by atoms with Crippen LogP contribution in [-0.2, 0) is 6.42 Å². The maximum Gasteiger partial charge on any atom is 0.319 e. The van der Waals surface area contributed by atoms with Gasteiger partial charge in [0.25, 0.3) is 0 Å². The minimum absolute atomic E-state index is 0.245. The van der Waals surface area contributed by atoms with E-state index in [9.17, 15) is 4.79 Å². The third kappa shape index (κ3) is 5.04. The van der Waals surface area contributed by atoms with Gasteiger partial charge in [-0.1, -0.05) is 12.1 Å². The van der Waals surface area contributed by atoms with Gasteiger partial charge in [0.2, 0.25) is 0 Å². The van der Waals surface area contributed by atoms with Crippen molar-refractivity contribution >= 4 is 11.7 Å². The molecule has 134 valence electrons. The van der Waals surface area contributed by atoms with E-state index in [0.29, 0.717) is 30.2 Å². The van der Waals surface area contributed by atoms with Crippen LogP contribution in [-0.4, -0.2) is 33.9 Å². The van der Waals surface area contributed by atoms with E-state index in [1.54, 1.807) is 27.4 Å². The largest absolute Gasteiger partial charge is 0.496 e. The van der Waals surface area contributed by atoms with Crippen LogP contribution in [0.4, 0.5) is 10.5 Å². The van der Waals surface area contributed by atoms with E-state index >= 15 is 0 Å². The van der Waals surface area contributed by atoms with Gasteiger partial charge in [-0.2, -0.15) is 0 Å². The second-order valence-corrected chi connectivity index (χ2v) is 5.52. The van der Waals surface area contributed by atoms with Crippen LogP contribution in [0, 0.1) is 6.92 Å². The van der Waals surface area contributed by atoms with Gasteiger partial charge in [-0.15, -0.1) is 0 Å². The molecule has 0 aliphatic rings. The molecule has 0 spiro atoms. The molecule has 0 aliphatic heterocycles. The third-order valence-electron chi connectivity index (χ3n) is 3.74. The lowest BCUT2D eigenvalue weighted by Gasteiger charge is -2.14. The number of nitrogens with one attached hydrogen (secondary N) is 2. The number of carbonyl (C=O) groups excluding carboxylic acids is 1. The predicted octanol–water partition coefficient (Wildman–Crippen LogP) is 3.39. The molecule has 0 aliphatic carbocycles. The maximum atomic E-state index is 12.0. The summed E-state index contributed by atoms with van der Waals surface area (Å²) in [5, 5.41) is 5.65. The van der Waals surface area contributed by atoms with Gasteiger partial charge in [-0.3, -0.25) is 0 Å². The fraction of sp³-hybridized carbons (Fsp3) is 0.316. The molecule has 6 nitrogen and oxygen atoms in total. The molecule has 25 heavy (non-hydrogen) atoms. The third-order valence-corrected chi connectivity index (χ3v) is 3.74. The van der Waals surface area contributed by atoms with Crippen LogP contribution in [0.25, 0.3) is 0 Å². The molecular weight excluding hydrogens is 320 g/mol. The van der Waals surface area contributed by atoms with Gasteiger partial charge in [0.1, 0.15) is 5.75 Å². The van der Waals surface area contributed by atoms with Crippen LogP contribution < -0.4 is 24.8 Å². The number of methoxy groups -OCH3 is 3. The standard InChI is InChI=1S/C19H24N2O4/c1-13-6-5-7-15(10-13)21-19(22)20-9-8-14-11-17(24-3)18(25-4)12-16(14)23-2/h5-7,10-12H,8-9H2,1-4H3,(H2,20,21,22). The highest BCUT2D eigenvalue weighted by Crippen LogP contribution is 2.34. The van der Waals surface area contributed by atoms with Crippen molar-refractivity contribution in [3.05, 3.63) is 47.5 Å². The van der Waals surface area contributed by atoms with Crippen molar-refractivity contribution in [1.82, 2.24) is 5.32 Å². The van der Waals surface area contributed by atoms with Crippen molar-refractivity contribution in [2.24, 2.45) is 0 Å². The van der Waals surface area contributed by atoms with Crippen molar-refractivity contribution in [2.75, 3.05) is 33.2 Å². The van der Waals surface area contributed by atoms with Crippen molar-refractivity contribution in [1.29, 1.82) is 0 Å². The maximum absolute atomic E-state index is 12.0. The van der Waals surface area contributed by atoms with Crippen molar-refractivity contribution < 1.29 is 19.0 Å². The molecule has 0 saturated heterocycles. The summed E-state index contributed by atoms with van der Waals surface area (Å²) in [5.41, 5.74) is 2.78. The molecule has 2 amide bonds. The molecule has 0 bridgehead atoms. The number of hydrogen-bond donors (Lipinski definition) is 2. The Labute approximate surface area is 148 Å². The second kappa shape index (κ2) is 8.82. The molecule has 2 aromatic carbocycles. The fourth-order valence-electron chi connectivity index (χ4n) is 2.50. The van der Waals surface area contributed by atoms with Crippen LogP contribution in [0.5, 0.6) is 17.2 Å². The van der Waals surface area contributed by atoms with Gasteiger partial charge in [0, 0.05) is 18.3 Å². The Morgan fingerprint density at radius 3 is 2.28 bits per heavy atom. The summed E-state index contributed by atoms with van der Waals surface area (Å²) in [6.45, 7) is 2.44. The molecule has 0 atom stereocenters. The smallest absolute Gasteiger partial charge is 0.319 e. The summed E-state index contributed by atoms with van der Waals surface area (Å²) in [5.74, 6) is 1.93. The first-order chi connectivity index (χ1) is 12.1. The zero-order valence-corrected chi connectivity index (χ0v) is 15.0. The Morgan fingerprint density at radius 2 is 1.64 bits per heavy atom.